The van der Waals surface area contributed by atoms with Crippen LogP contribution in [0.1, 0.15) is 45.2 Å². The van der Waals surface area contributed by atoms with E-state index in [0.717, 1.165) is 37.4 Å². The van der Waals surface area contributed by atoms with E-state index in [9.17, 15) is 0 Å². The fourth-order valence-corrected chi connectivity index (χ4v) is 3.23. The molecule has 1 fully saturated rings. The third-order valence-electron chi connectivity index (χ3n) is 4.56. The molecule has 1 saturated heterocycles. The Balaban J connectivity index is 1.79. The van der Waals surface area contributed by atoms with Crippen LogP contribution in [0.4, 0.5) is 0 Å². The van der Waals surface area contributed by atoms with E-state index in [1.165, 1.54) is 0 Å². The van der Waals surface area contributed by atoms with Gasteiger partial charge < -0.3 is 10.5 Å². The number of aromatic nitrogens is 1. The lowest BCUT2D eigenvalue weighted by atomic mass is 9.82. The molecule has 1 aromatic heterocycles. The highest BCUT2D eigenvalue weighted by Crippen LogP contribution is 2.46. The van der Waals surface area contributed by atoms with Gasteiger partial charge in [0.05, 0.1) is 6.04 Å². The highest BCUT2D eigenvalue weighted by Gasteiger charge is 2.49. The Morgan fingerprint density at radius 3 is 2.63 bits per heavy atom. The minimum absolute atomic E-state index is 0.0432. The second kappa shape index (κ2) is 4.18. The van der Waals surface area contributed by atoms with Gasteiger partial charge in [0.25, 0.3) is 0 Å². The van der Waals surface area contributed by atoms with Crippen molar-refractivity contribution in [2.45, 2.75) is 50.8 Å². The van der Waals surface area contributed by atoms with Crippen LogP contribution in [0.3, 0.4) is 0 Å². The third-order valence-corrected chi connectivity index (χ3v) is 4.56. The molecule has 0 amide bonds. The van der Waals surface area contributed by atoms with E-state index in [0.29, 0.717) is 0 Å². The number of nitrogens with zero attached hydrogens (tertiary/aromatic N) is 2. The van der Waals surface area contributed by atoms with Gasteiger partial charge in [0.2, 0.25) is 5.88 Å². The normalized spacial score (nSPS) is 26.2. The Hall–Kier alpha value is -1.13. The fraction of sp³-hybridized carbons (Fsp3) is 0.667. The van der Waals surface area contributed by atoms with Crippen LogP contribution in [0.5, 0.6) is 5.88 Å². The van der Waals surface area contributed by atoms with Crippen LogP contribution in [-0.2, 0) is 0 Å². The van der Waals surface area contributed by atoms with Gasteiger partial charge in [-0.15, -0.1) is 0 Å². The molecule has 2 aliphatic rings. The Morgan fingerprint density at radius 1 is 1.37 bits per heavy atom. The van der Waals surface area contributed by atoms with Crippen molar-refractivity contribution in [3.8, 4) is 5.88 Å². The van der Waals surface area contributed by atoms with E-state index in [4.69, 9.17) is 10.5 Å². The predicted molar refractivity (Wildman–Crippen MR) is 75.1 cm³/mol. The van der Waals surface area contributed by atoms with Crippen LogP contribution < -0.4 is 10.5 Å². The Kier molecular flexibility index (Phi) is 2.84. The second-order valence-electron chi connectivity index (χ2n) is 6.70. The maximum absolute atomic E-state index is 6.43. The topological polar surface area (TPSA) is 51.4 Å². The van der Waals surface area contributed by atoms with Crippen molar-refractivity contribution in [3.05, 3.63) is 23.9 Å². The number of likely N-dealkylation sites (tertiary alicyclic amines) is 1. The van der Waals surface area contributed by atoms with Crippen molar-refractivity contribution in [2.75, 3.05) is 13.1 Å². The zero-order valence-electron chi connectivity index (χ0n) is 12.0. The first-order valence-corrected chi connectivity index (χ1v) is 7.07. The summed E-state index contributed by atoms with van der Waals surface area (Å²) in [5.41, 5.74) is 7.47. The lowest BCUT2D eigenvalue weighted by Crippen LogP contribution is -2.55. The van der Waals surface area contributed by atoms with Crippen LogP contribution in [0.25, 0.3) is 0 Å². The van der Waals surface area contributed by atoms with Gasteiger partial charge in [0.1, 0.15) is 5.60 Å². The van der Waals surface area contributed by atoms with Crippen LogP contribution >= 0.6 is 0 Å². The molecule has 3 rings (SSSR count). The molecule has 19 heavy (non-hydrogen) atoms. The SMILES string of the molecule is CC(C)(C)N1CCC2(CC1)Oc1ncccc1[C@@H]2N. The molecule has 0 bridgehead atoms. The molecule has 0 radical (unpaired) electrons. The van der Waals surface area contributed by atoms with Gasteiger partial charge in [0, 0.05) is 43.2 Å². The molecule has 0 aromatic carbocycles. The van der Waals surface area contributed by atoms with Gasteiger partial charge in [-0.3, -0.25) is 4.90 Å². The maximum Gasteiger partial charge on any atom is 0.218 e. The minimum atomic E-state index is -0.238. The van der Waals surface area contributed by atoms with E-state index in [2.05, 4.69) is 30.7 Å². The maximum atomic E-state index is 6.43. The van der Waals surface area contributed by atoms with Crippen LogP contribution in [-0.4, -0.2) is 34.1 Å². The Morgan fingerprint density at radius 2 is 2.05 bits per heavy atom. The highest BCUT2D eigenvalue weighted by atomic mass is 16.5. The van der Waals surface area contributed by atoms with Gasteiger partial charge in [-0.25, -0.2) is 4.98 Å². The van der Waals surface area contributed by atoms with Crippen molar-refractivity contribution in [1.29, 1.82) is 0 Å². The van der Waals surface area contributed by atoms with E-state index in [1.54, 1.807) is 6.20 Å². The summed E-state index contributed by atoms with van der Waals surface area (Å²) < 4.78 is 6.15. The summed E-state index contributed by atoms with van der Waals surface area (Å²) in [4.78, 5) is 6.82. The molecule has 104 valence electrons. The number of hydrogen-bond acceptors (Lipinski definition) is 4. The minimum Gasteiger partial charge on any atom is -0.469 e. The zero-order valence-corrected chi connectivity index (χ0v) is 12.0. The Labute approximate surface area is 115 Å². The molecule has 0 saturated carbocycles. The lowest BCUT2D eigenvalue weighted by Gasteiger charge is -2.45. The van der Waals surface area contributed by atoms with Gasteiger partial charge in [-0.05, 0) is 26.8 Å². The summed E-state index contributed by atoms with van der Waals surface area (Å²) in [6.45, 7) is 8.85. The standard InChI is InChI=1S/C15H23N3O/c1-14(2,3)18-9-6-15(7-10-18)12(16)11-5-4-8-17-13(11)19-15/h4-5,8,12H,6-7,9-10,16H2,1-3H3/t12-/m0/s1. The van der Waals surface area contributed by atoms with Crippen molar-refractivity contribution in [1.82, 2.24) is 9.88 Å². The summed E-state index contributed by atoms with van der Waals surface area (Å²) in [6, 6.07) is 3.93. The second-order valence-corrected chi connectivity index (χ2v) is 6.70. The number of nitrogens with two attached hydrogens (primary N) is 1. The molecule has 2 N–H and O–H groups in total. The number of piperidine rings is 1. The third kappa shape index (κ3) is 2.03. The van der Waals surface area contributed by atoms with Gasteiger partial charge in [-0.2, -0.15) is 0 Å². The summed E-state index contributed by atoms with van der Waals surface area (Å²) in [5, 5.41) is 0. The quantitative estimate of drug-likeness (QED) is 0.777. The van der Waals surface area contributed by atoms with Crippen LogP contribution in [0, 0.1) is 0 Å². The van der Waals surface area contributed by atoms with Crippen molar-refractivity contribution >= 4 is 0 Å². The molecule has 4 heteroatoms. The molecule has 1 atom stereocenters. The molecule has 0 unspecified atom stereocenters. The molecule has 2 aliphatic heterocycles. The summed E-state index contributed by atoms with van der Waals surface area (Å²) in [7, 11) is 0. The van der Waals surface area contributed by atoms with Crippen molar-refractivity contribution in [3.63, 3.8) is 0 Å². The van der Waals surface area contributed by atoms with E-state index in [1.807, 2.05) is 12.1 Å². The summed E-state index contributed by atoms with van der Waals surface area (Å²) in [6.07, 6.45) is 3.72. The summed E-state index contributed by atoms with van der Waals surface area (Å²) in [5.74, 6) is 0.735. The average molecular weight is 261 g/mol. The largest absolute Gasteiger partial charge is 0.469 e. The first-order chi connectivity index (χ1) is 8.92. The monoisotopic (exact) mass is 261 g/mol. The smallest absolute Gasteiger partial charge is 0.218 e. The van der Waals surface area contributed by atoms with Gasteiger partial charge in [0.15, 0.2) is 0 Å². The van der Waals surface area contributed by atoms with Crippen LogP contribution in [0.2, 0.25) is 0 Å². The predicted octanol–water partition coefficient (Wildman–Crippen LogP) is 2.11. The van der Waals surface area contributed by atoms with Crippen molar-refractivity contribution < 1.29 is 4.74 Å². The van der Waals surface area contributed by atoms with Gasteiger partial charge in [-0.1, -0.05) is 6.07 Å². The molecule has 4 nitrogen and oxygen atoms in total. The van der Waals surface area contributed by atoms with Gasteiger partial charge >= 0.3 is 0 Å². The number of pyridine rings is 1. The number of fused-ring (bicyclic) bond motifs is 1. The number of ether oxygens (including phenoxy) is 1. The average Bonchev–Trinajstić information content (AvgIpc) is 2.63. The van der Waals surface area contributed by atoms with Crippen LogP contribution in [0.15, 0.2) is 18.3 Å². The first kappa shape index (κ1) is 12.9. The van der Waals surface area contributed by atoms with E-state index in [-0.39, 0.29) is 17.2 Å². The molecule has 1 aromatic rings. The number of rotatable bonds is 0. The molecular formula is C15H23N3O. The molecular weight excluding hydrogens is 238 g/mol. The Bertz CT molecular complexity index is 473. The lowest BCUT2D eigenvalue weighted by molar-refractivity contribution is -0.0255. The first-order valence-electron chi connectivity index (χ1n) is 7.07. The van der Waals surface area contributed by atoms with E-state index >= 15 is 0 Å². The summed E-state index contributed by atoms with van der Waals surface area (Å²) >= 11 is 0. The molecule has 0 aliphatic carbocycles. The molecule has 3 heterocycles. The highest BCUT2D eigenvalue weighted by molar-refractivity contribution is 5.37. The number of hydrogen-bond donors (Lipinski definition) is 1. The van der Waals surface area contributed by atoms with E-state index < -0.39 is 0 Å². The fourth-order valence-electron chi connectivity index (χ4n) is 3.23. The van der Waals surface area contributed by atoms with Crippen molar-refractivity contribution in [2.24, 2.45) is 5.73 Å². The molecule has 1 spiro atoms. The zero-order chi connectivity index (χ0) is 13.7.